The lowest BCUT2D eigenvalue weighted by Crippen LogP contribution is -1.88. The Bertz CT molecular complexity index is 724. The van der Waals surface area contributed by atoms with Gasteiger partial charge in [0.05, 0.1) is 10.2 Å². The van der Waals surface area contributed by atoms with E-state index in [2.05, 4.69) is 50.7 Å². The molecule has 3 aromatic rings. The highest BCUT2D eigenvalue weighted by molar-refractivity contribution is 9.10. The second-order valence-corrected chi connectivity index (χ2v) is 6.81. The number of halogens is 1. The molecule has 2 nitrogen and oxygen atoms in total. The van der Waals surface area contributed by atoms with Gasteiger partial charge in [-0.3, -0.25) is 0 Å². The van der Waals surface area contributed by atoms with Crippen molar-refractivity contribution in [3.63, 3.8) is 0 Å². The maximum atomic E-state index is 4.60. The summed E-state index contributed by atoms with van der Waals surface area (Å²) >= 11 is 6.90. The van der Waals surface area contributed by atoms with Crippen LogP contribution in [0.5, 0.6) is 0 Å². The first-order valence-corrected chi connectivity index (χ1v) is 8.55. The van der Waals surface area contributed by atoms with Gasteiger partial charge in [-0.05, 0) is 42.7 Å². The van der Waals surface area contributed by atoms with E-state index in [-0.39, 0.29) is 0 Å². The molecule has 0 bridgehead atoms. The Hall–Kier alpha value is -1.04. The van der Waals surface area contributed by atoms with E-state index in [9.17, 15) is 0 Å². The lowest BCUT2D eigenvalue weighted by molar-refractivity contribution is 1.42. The van der Waals surface area contributed by atoms with E-state index in [0.29, 0.717) is 0 Å². The minimum atomic E-state index is 0.923. The number of thiazole rings is 1. The van der Waals surface area contributed by atoms with E-state index >= 15 is 0 Å². The van der Waals surface area contributed by atoms with Crippen molar-refractivity contribution >= 4 is 60.1 Å². The molecule has 0 spiro atoms. The average molecular weight is 351 g/mol. The van der Waals surface area contributed by atoms with Crippen LogP contribution in [0.2, 0.25) is 0 Å². The van der Waals surface area contributed by atoms with E-state index < -0.39 is 0 Å². The molecule has 5 heteroatoms. The molecule has 0 fully saturated rings. The van der Waals surface area contributed by atoms with Crippen LogP contribution in [0.15, 0.2) is 51.8 Å². The van der Waals surface area contributed by atoms with Gasteiger partial charge >= 0.3 is 0 Å². The number of fused-ring (bicyclic) bond motifs is 1. The average Bonchev–Trinajstić information content (AvgIpc) is 2.79. The fourth-order valence-corrected chi connectivity index (χ4v) is 3.61. The quantitative estimate of drug-likeness (QED) is 0.629. The summed E-state index contributed by atoms with van der Waals surface area (Å²) < 4.78 is 2.27. The van der Waals surface area contributed by atoms with Gasteiger partial charge in [0.1, 0.15) is 0 Å². The van der Waals surface area contributed by atoms with Gasteiger partial charge in [0.25, 0.3) is 0 Å². The van der Waals surface area contributed by atoms with Gasteiger partial charge in [0.2, 0.25) is 0 Å². The zero-order valence-electron chi connectivity index (χ0n) is 10.2. The molecule has 1 aromatic heterocycles. The first kappa shape index (κ1) is 13.0. The number of benzene rings is 2. The SMILES string of the molecule is CSc1ccc2nc(Nc3cccc(Br)c3)sc2c1. The lowest BCUT2D eigenvalue weighted by Gasteiger charge is -2.01. The van der Waals surface area contributed by atoms with Gasteiger partial charge in [-0.1, -0.05) is 33.3 Å². The summed E-state index contributed by atoms with van der Waals surface area (Å²) in [6.07, 6.45) is 2.09. The van der Waals surface area contributed by atoms with Crippen LogP contribution in [0.4, 0.5) is 10.8 Å². The molecule has 0 saturated heterocycles. The van der Waals surface area contributed by atoms with Gasteiger partial charge in [-0.2, -0.15) is 0 Å². The Labute approximate surface area is 128 Å². The fourth-order valence-electron chi connectivity index (χ4n) is 1.78. The van der Waals surface area contributed by atoms with Gasteiger partial charge in [-0.15, -0.1) is 11.8 Å². The standard InChI is InChI=1S/C14H11BrN2S2/c1-18-11-5-6-12-13(8-11)19-14(17-12)16-10-4-2-3-9(15)7-10/h2-8H,1H3,(H,16,17). The van der Waals surface area contributed by atoms with Gasteiger partial charge in [0.15, 0.2) is 5.13 Å². The number of hydrogen-bond acceptors (Lipinski definition) is 4. The molecule has 1 N–H and O–H groups in total. The molecular weight excluding hydrogens is 340 g/mol. The number of rotatable bonds is 3. The fraction of sp³-hybridized carbons (Fsp3) is 0.0714. The Kier molecular flexibility index (Phi) is 3.77. The summed E-state index contributed by atoms with van der Waals surface area (Å²) in [7, 11) is 0. The zero-order chi connectivity index (χ0) is 13.2. The van der Waals surface area contributed by atoms with Crippen molar-refractivity contribution in [1.82, 2.24) is 4.98 Å². The summed E-state index contributed by atoms with van der Waals surface area (Å²) in [5.74, 6) is 0. The summed E-state index contributed by atoms with van der Waals surface area (Å²) in [4.78, 5) is 5.86. The maximum absolute atomic E-state index is 4.60. The zero-order valence-corrected chi connectivity index (χ0v) is 13.4. The molecule has 3 rings (SSSR count). The van der Waals surface area contributed by atoms with E-state index in [4.69, 9.17) is 0 Å². The number of aromatic nitrogens is 1. The molecule has 0 aliphatic rings. The van der Waals surface area contributed by atoms with Gasteiger partial charge < -0.3 is 5.32 Å². The van der Waals surface area contributed by atoms with Gasteiger partial charge in [0, 0.05) is 15.1 Å². The first-order valence-electron chi connectivity index (χ1n) is 5.72. The monoisotopic (exact) mass is 350 g/mol. The van der Waals surface area contributed by atoms with Gasteiger partial charge in [-0.25, -0.2) is 4.98 Å². The van der Waals surface area contributed by atoms with E-state index in [1.807, 2.05) is 24.3 Å². The van der Waals surface area contributed by atoms with Crippen LogP contribution in [0.1, 0.15) is 0 Å². The van der Waals surface area contributed by atoms with Crippen molar-refractivity contribution in [2.45, 2.75) is 4.90 Å². The molecule has 0 saturated carbocycles. The van der Waals surface area contributed by atoms with Crippen LogP contribution < -0.4 is 5.32 Å². The minimum absolute atomic E-state index is 0.923. The van der Waals surface area contributed by atoms with Crippen molar-refractivity contribution in [1.29, 1.82) is 0 Å². The van der Waals surface area contributed by atoms with E-state index in [1.54, 1.807) is 23.1 Å². The number of hydrogen-bond donors (Lipinski definition) is 1. The molecule has 2 aromatic carbocycles. The second-order valence-electron chi connectivity index (χ2n) is 3.99. The Morgan fingerprint density at radius 3 is 2.89 bits per heavy atom. The highest BCUT2D eigenvalue weighted by Crippen LogP contribution is 2.31. The molecule has 0 aliphatic heterocycles. The largest absolute Gasteiger partial charge is 0.331 e. The van der Waals surface area contributed by atoms with E-state index in [1.165, 1.54) is 9.60 Å². The number of anilines is 2. The highest BCUT2D eigenvalue weighted by Gasteiger charge is 2.05. The first-order chi connectivity index (χ1) is 9.24. The molecular formula is C14H11BrN2S2. The van der Waals surface area contributed by atoms with Crippen LogP contribution in [0.3, 0.4) is 0 Å². The molecule has 0 unspecified atom stereocenters. The molecule has 0 atom stereocenters. The smallest absolute Gasteiger partial charge is 0.188 e. The predicted octanol–water partition coefficient (Wildman–Crippen LogP) is 5.52. The number of nitrogens with one attached hydrogen (secondary N) is 1. The Balaban J connectivity index is 1.93. The predicted molar refractivity (Wildman–Crippen MR) is 88.8 cm³/mol. The minimum Gasteiger partial charge on any atom is -0.331 e. The molecule has 0 amide bonds. The third kappa shape index (κ3) is 2.94. The van der Waals surface area contributed by atoms with Crippen LogP contribution in [0.25, 0.3) is 10.2 Å². The van der Waals surface area contributed by atoms with E-state index in [0.717, 1.165) is 20.8 Å². The lowest BCUT2D eigenvalue weighted by atomic mass is 10.3. The van der Waals surface area contributed by atoms with Crippen molar-refractivity contribution in [3.8, 4) is 0 Å². The van der Waals surface area contributed by atoms with Crippen LogP contribution >= 0.6 is 39.0 Å². The Morgan fingerprint density at radius 1 is 1.21 bits per heavy atom. The van der Waals surface area contributed by atoms with Crippen molar-refractivity contribution in [3.05, 3.63) is 46.9 Å². The topological polar surface area (TPSA) is 24.9 Å². The summed E-state index contributed by atoms with van der Waals surface area (Å²) in [5, 5.41) is 4.26. The van der Waals surface area contributed by atoms with Crippen molar-refractivity contribution < 1.29 is 0 Å². The maximum Gasteiger partial charge on any atom is 0.188 e. The van der Waals surface area contributed by atoms with Crippen molar-refractivity contribution in [2.24, 2.45) is 0 Å². The summed E-state index contributed by atoms with van der Waals surface area (Å²) in [6, 6.07) is 14.5. The summed E-state index contributed by atoms with van der Waals surface area (Å²) in [6.45, 7) is 0. The molecule has 96 valence electrons. The van der Waals surface area contributed by atoms with Crippen LogP contribution in [-0.4, -0.2) is 11.2 Å². The van der Waals surface area contributed by atoms with Crippen molar-refractivity contribution in [2.75, 3.05) is 11.6 Å². The molecule has 0 radical (unpaired) electrons. The van der Waals surface area contributed by atoms with Crippen LogP contribution in [0, 0.1) is 0 Å². The third-order valence-corrected chi connectivity index (χ3v) is 4.82. The molecule has 0 aliphatic carbocycles. The molecule has 19 heavy (non-hydrogen) atoms. The third-order valence-electron chi connectivity index (χ3n) is 2.67. The molecule has 1 heterocycles. The Morgan fingerprint density at radius 2 is 2.11 bits per heavy atom. The summed E-state index contributed by atoms with van der Waals surface area (Å²) in [5.41, 5.74) is 2.08. The number of thioether (sulfide) groups is 1. The normalized spacial score (nSPS) is 10.8. The highest BCUT2D eigenvalue weighted by atomic mass is 79.9. The van der Waals surface area contributed by atoms with Crippen LogP contribution in [-0.2, 0) is 0 Å². The second kappa shape index (κ2) is 5.53. The number of nitrogens with zero attached hydrogens (tertiary/aromatic N) is 1.